The van der Waals surface area contributed by atoms with E-state index in [2.05, 4.69) is 18.4 Å². The number of hydrazine groups is 1. The Balaban J connectivity index is 2.29. The summed E-state index contributed by atoms with van der Waals surface area (Å²) in [6, 6.07) is 8.15. The van der Waals surface area contributed by atoms with Crippen LogP contribution in [0.15, 0.2) is 24.3 Å². The van der Waals surface area contributed by atoms with Crippen molar-refractivity contribution in [1.82, 2.24) is 5.43 Å². The second-order valence-corrected chi connectivity index (χ2v) is 5.27. The highest BCUT2D eigenvalue weighted by atomic mass is 35.5. The Labute approximate surface area is 116 Å². The Kier molecular flexibility index (Phi) is 8.06. The lowest BCUT2D eigenvalue weighted by Crippen LogP contribution is -2.27. The third kappa shape index (κ3) is 5.85. The number of rotatable bonds is 9. The molecule has 1 atom stereocenters. The summed E-state index contributed by atoms with van der Waals surface area (Å²) in [7, 11) is 0. The van der Waals surface area contributed by atoms with Gasteiger partial charge in [0, 0.05) is 11.1 Å². The van der Waals surface area contributed by atoms with Crippen LogP contribution in [0.5, 0.6) is 0 Å². The van der Waals surface area contributed by atoms with Gasteiger partial charge in [-0.25, -0.2) is 0 Å². The highest BCUT2D eigenvalue weighted by molar-refractivity contribution is 6.30. The average molecular weight is 269 g/mol. The molecule has 1 aromatic carbocycles. The van der Waals surface area contributed by atoms with E-state index in [4.69, 9.17) is 17.4 Å². The van der Waals surface area contributed by atoms with Crippen LogP contribution in [-0.4, -0.2) is 0 Å². The molecule has 0 saturated carbocycles. The van der Waals surface area contributed by atoms with Crippen LogP contribution in [0.1, 0.15) is 63.5 Å². The first kappa shape index (κ1) is 15.5. The van der Waals surface area contributed by atoms with Gasteiger partial charge in [-0.2, -0.15) is 0 Å². The lowest BCUT2D eigenvalue weighted by Gasteiger charge is -2.16. The van der Waals surface area contributed by atoms with E-state index in [0.717, 1.165) is 11.4 Å². The molecule has 1 unspecified atom stereocenters. The minimum atomic E-state index is 0.217. The van der Waals surface area contributed by atoms with Crippen LogP contribution in [-0.2, 0) is 0 Å². The molecule has 1 aromatic rings. The summed E-state index contributed by atoms with van der Waals surface area (Å²) in [5.74, 6) is 5.62. The van der Waals surface area contributed by atoms with Gasteiger partial charge in [-0.3, -0.25) is 11.3 Å². The van der Waals surface area contributed by atoms with E-state index in [1.54, 1.807) is 0 Å². The summed E-state index contributed by atoms with van der Waals surface area (Å²) in [6.45, 7) is 2.24. The average Bonchev–Trinajstić information content (AvgIpc) is 2.38. The Morgan fingerprint density at radius 2 is 1.89 bits per heavy atom. The van der Waals surface area contributed by atoms with E-state index < -0.39 is 0 Å². The van der Waals surface area contributed by atoms with Crippen molar-refractivity contribution in [2.24, 2.45) is 5.84 Å². The standard InChI is InChI=1S/C15H25ClN2/c1-2-3-4-5-6-7-11-15(18-17)13-9-8-10-14(16)12-13/h8-10,12,15,18H,2-7,11,17H2,1H3. The summed E-state index contributed by atoms with van der Waals surface area (Å²) >= 11 is 6.00. The minimum absolute atomic E-state index is 0.217. The summed E-state index contributed by atoms with van der Waals surface area (Å²) in [4.78, 5) is 0. The number of benzene rings is 1. The van der Waals surface area contributed by atoms with Crippen LogP contribution in [0, 0.1) is 0 Å². The van der Waals surface area contributed by atoms with Gasteiger partial charge in [0.15, 0.2) is 0 Å². The first-order valence-corrected chi connectivity index (χ1v) is 7.37. The van der Waals surface area contributed by atoms with Crippen molar-refractivity contribution in [1.29, 1.82) is 0 Å². The van der Waals surface area contributed by atoms with Gasteiger partial charge in [-0.15, -0.1) is 0 Å². The van der Waals surface area contributed by atoms with Crippen LogP contribution in [0.2, 0.25) is 5.02 Å². The third-order valence-electron chi connectivity index (χ3n) is 3.30. The molecule has 102 valence electrons. The molecule has 0 aliphatic rings. The summed E-state index contributed by atoms with van der Waals surface area (Å²) in [6.07, 6.45) is 8.92. The maximum absolute atomic E-state index is 6.00. The van der Waals surface area contributed by atoms with Gasteiger partial charge in [-0.05, 0) is 24.1 Å². The molecule has 0 saturated heterocycles. The summed E-state index contributed by atoms with van der Waals surface area (Å²) in [5, 5.41) is 0.774. The van der Waals surface area contributed by atoms with Gasteiger partial charge >= 0.3 is 0 Å². The molecular weight excluding hydrogens is 244 g/mol. The van der Waals surface area contributed by atoms with Gasteiger partial charge in [0.05, 0.1) is 0 Å². The first-order valence-electron chi connectivity index (χ1n) is 6.99. The number of unbranched alkanes of at least 4 members (excludes halogenated alkanes) is 5. The Hall–Kier alpha value is -0.570. The molecule has 0 aliphatic heterocycles. The fourth-order valence-electron chi connectivity index (χ4n) is 2.20. The number of nitrogens with two attached hydrogens (primary N) is 1. The quantitative estimate of drug-likeness (QED) is 0.390. The number of halogens is 1. The van der Waals surface area contributed by atoms with Crippen molar-refractivity contribution >= 4 is 11.6 Å². The van der Waals surface area contributed by atoms with Crippen molar-refractivity contribution in [3.05, 3.63) is 34.9 Å². The van der Waals surface area contributed by atoms with Gasteiger partial charge < -0.3 is 0 Å². The highest BCUT2D eigenvalue weighted by Gasteiger charge is 2.09. The zero-order chi connectivity index (χ0) is 13.2. The smallest absolute Gasteiger partial charge is 0.0460 e. The molecule has 0 spiro atoms. The molecule has 0 aromatic heterocycles. The SMILES string of the molecule is CCCCCCCCC(NN)c1cccc(Cl)c1. The number of hydrogen-bond donors (Lipinski definition) is 2. The third-order valence-corrected chi connectivity index (χ3v) is 3.53. The molecule has 2 nitrogen and oxygen atoms in total. The largest absolute Gasteiger partial charge is 0.271 e. The van der Waals surface area contributed by atoms with Gasteiger partial charge in [-0.1, -0.05) is 69.2 Å². The fourth-order valence-corrected chi connectivity index (χ4v) is 2.40. The minimum Gasteiger partial charge on any atom is -0.271 e. The monoisotopic (exact) mass is 268 g/mol. The predicted molar refractivity (Wildman–Crippen MR) is 79.5 cm³/mol. The molecule has 1 rings (SSSR count). The lowest BCUT2D eigenvalue weighted by atomic mass is 10.0. The van der Waals surface area contributed by atoms with E-state index in [-0.39, 0.29) is 6.04 Å². The second-order valence-electron chi connectivity index (χ2n) is 4.83. The van der Waals surface area contributed by atoms with E-state index in [0.29, 0.717) is 0 Å². The van der Waals surface area contributed by atoms with Crippen LogP contribution in [0.3, 0.4) is 0 Å². The van der Waals surface area contributed by atoms with Crippen LogP contribution in [0.25, 0.3) is 0 Å². The molecule has 3 N–H and O–H groups in total. The number of hydrogen-bond acceptors (Lipinski definition) is 2. The molecule has 0 aliphatic carbocycles. The molecule has 0 fully saturated rings. The Morgan fingerprint density at radius 1 is 1.17 bits per heavy atom. The normalized spacial score (nSPS) is 12.6. The van der Waals surface area contributed by atoms with Crippen molar-refractivity contribution in [2.75, 3.05) is 0 Å². The van der Waals surface area contributed by atoms with Crippen molar-refractivity contribution in [3.8, 4) is 0 Å². The maximum atomic E-state index is 6.00. The van der Waals surface area contributed by atoms with Gasteiger partial charge in [0.25, 0.3) is 0 Å². The zero-order valence-corrected chi connectivity index (χ0v) is 12.0. The highest BCUT2D eigenvalue weighted by Crippen LogP contribution is 2.22. The van der Waals surface area contributed by atoms with E-state index in [1.807, 2.05) is 18.2 Å². The van der Waals surface area contributed by atoms with Crippen molar-refractivity contribution in [3.63, 3.8) is 0 Å². The fraction of sp³-hybridized carbons (Fsp3) is 0.600. The van der Waals surface area contributed by atoms with Crippen LogP contribution < -0.4 is 11.3 Å². The predicted octanol–water partition coefficient (Wildman–Crippen LogP) is 4.60. The van der Waals surface area contributed by atoms with Gasteiger partial charge in [0.2, 0.25) is 0 Å². The molecule has 0 amide bonds. The van der Waals surface area contributed by atoms with Crippen molar-refractivity contribution in [2.45, 2.75) is 57.9 Å². The zero-order valence-electron chi connectivity index (χ0n) is 11.3. The van der Waals surface area contributed by atoms with Crippen LogP contribution >= 0.6 is 11.6 Å². The summed E-state index contributed by atoms with van der Waals surface area (Å²) < 4.78 is 0. The molecule has 0 bridgehead atoms. The van der Waals surface area contributed by atoms with Crippen molar-refractivity contribution < 1.29 is 0 Å². The molecule has 0 radical (unpaired) electrons. The maximum Gasteiger partial charge on any atom is 0.0460 e. The van der Waals surface area contributed by atoms with E-state index in [9.17, 15) is 0 Å². The topological polar surface area (TPSA) is 38.0 Å². The van der Waals surface area contributed by atoms with Crippen LogP contribution in [0.4, 0.5) is 0 Å². The van der Waals surface area contributed by atoms with E-state index in [1.165, 1.54) is 44.1 Å². The Bertz CT molecular complexity index is 328. The second kappa shape index (κ2) is 9.37. The van der Waals surface area contributed by atoms with Gasteiger partial charge in [0.1, 0.15) is 0 Å². The molecule has 0 heterocycles. The number of nitrogens with one attached hydrogen (secondary N) is 1. The molecule has 18 heavy (non-hydrogen) atoms. The van der Waals surface area contributed by atoms with E-state index >= 15 is 0 Å². The molecular formula is C15H25ClN2. The summed E-state index contributed by atoms with van der Waals surface area (Å²) in [5.41, 5.74) is 4.07. The lowest BCUT2D eigenvalue weighted by molar-refractivity contribution is 0.477. The first-order chi connectivity index (χ1) is 8.77. The molecule has 3 heteroatoms. The Morgan fingerprint density at radius 3 is 2.56 bits per heavy atom.